The number of nitro groups is 1. The molecule has 0 aromatic heterocycles. The molecule has 31 heavy (non-hydrogen) atoms. The van der Waals surface area contributed by atoms with Gasteiger partial charge in [-0.25, -0.2) is 0 Å². The van der Waals surface area contributed by atoms with E-state index in [9.17, 15) is 19.7 Å². The van der Waals surface area contributed by atoms with E-state index in [0.29, 0.717) is 22.0 Å². The number of benzene rings is 3. The second-order valence-corrected chi connectivity index (χ2v) is 8.07. The molecule has 0 saturated heterocycles. The summed E-state index contributed by atoms with van der Waals surface area (Å²) in [6, 6.07) is 18.1. The average molecular weight is 456 g/mol. The van der Waals surface area contributed by atoms with Crippen LogP contribution in [0.4, 0.5) is 17.1 Å². The molecule has 3 aromatic carbocycles. The minimum atomic E-state index is -0.507. The number of aryl methyl sites for hydroxylation is 1. The molecule has 9 heteroatoms. The van der Waals surface area contributed by atoms with Crippen molar-refractivity contribution >= 4 is 52.2 Å². The summed E-state index contributed by atoms with van der Waals surface area (Å²) in [5.74, 6) is -0.473. The van der Waals surface area contributed by atoms with Crippen molar-refractivity contribution < 1.29 is 14.5 Å². The summed E-state index contributed by atoms with van der Waals surface area (Å²) in [4.78, 5) is 35.9. The maximum absolute atomic E-state index is 12.4. The van der Waals surface area contributed by atoms with Gasteiger partial charge in [-0.05, 0) is 48.9 Å². The Bertz CT molecular complexity index is 1150. The lowest BCUT2D eigenvalue weighted by molar-refractivity contribution is -0.384. The van der Waals surface area contributed by atoms with Crippen LogP contribution in [0.3, 0.4) is 0 Å². The van der Waals surface area contributed by atoms with Gasteiger partial charge in [-0.1, -0.05) is 29.8 Å². The van der Waals surface area contributed by atoms with Crippen LogP contribution in [0.25, 0.3) is 0 Å². The first-order valence-electron chi connectivity index (χ1n) is 9.16. The fraction of sp³-hybridized carbons (Fsp3) is 0.0909. The average Bonchev–Trinajstić information content (AvgIpc) is 2.74. The van der Waals surface area contributed by atoms with Crippen LogP contribution in [0.1, 0.15) is 15.9 Å². The first-order valence-corrected chi connectivity index (χ1v) is 10.5. The number of amides is 2. The third kappa shape index (κ3) is 6.31. The molecule has 158 valence electrons. The molecule has 7 nitrogen and oxygen atoms in total. The standard InChI is InChI=1S/C22H18ClN3O4S/c1-14-8-9-18(26(29)30)12-20(14)25-21(27)13-31-19-7-3-6-17(11-19)24-22(28)15-4-2-5-16(23)10-15/h2-12H,13H2,1H3,(H,24,28)(H,25,27). The molecule has 0 bridgehead atoms. The van der Waals surface area contributed by atoms with Gasteiger partial charge in [0.25, 0.3) is 11.6 Å². The molecule has 0 radical (unpaired) electrons. The first-order chi connectivity index (χ1) is 14.8. The fourth-order valence-electron chi connectivity index (χ4n) is 2.69. The molecular formula is C22H18ClN3O4S. The number of nitro benzene ring substituents is 1. The van der Waals surface area contributed by atoms with Crippen LogP contribution in [-0.2, 0) is 4.79 Å². The number of hydrogen-bond acceptors (Lipinski definition) is 5. The predicted octanol–water partition coefficient (Wildman–Crippen LogP) is 5.54. The Hall–Kier alpha value is -3.36. The highest BCUT2D eigenvalue weighted by molar-refractivity contribution is 8.00. The van der Waals surface area contributed by atoms with Gasteiger partial charge in [-0.3, -0.25) is 19.7 Å². The maximum atomic E-state index is 12.4. The van der Waals surface area contributed by atoms with Gasteiger partial charge in [0.15, 0.2) is 0 Å². The summed E-state index contributed by atoms with van der Waals surface area (Å²) < 4.78 is 0. The summed E-state index contributed by atoms with van der Waals surface area (Å²) in [7, 11) is 0. The van der Waals surface area contributed by atoms with E-state index in [1.807, 2.05) is 6.07 Å². The van der Waals surface area contributed by atoms with Gasteiger partial charge < -0.3 is 10.6 Å². The van der Waals surface area contributed by atoms with Crippen LogP contribution < -0.4 is 10.6 Å². The summed E-state index contributed by atoms with van der Waals surface area (Å²) >= 11 is 7.21. The van der Waals surface area contributed by atoms with E-state index in [2.05, 4.69) is 10.6 Å². The third-order valence-corrected chi connectivity index (χ3v) is 5.48. The monoisotopic (exact) mass is 455 g/mol. The number of non-ortho nitro benzene ring substituents is 1. The van der Waals surface area contributed by atoms with E-state index in [1.165, 1.54) is 23.9 Å². The Balaban J connectivity index is 1.60. The molecular weight excluding hydrogens is 438 g/mol. The van der Waals surface area contributed by atoms with Gasteiger partial charge in [-0.2, -0.15) is 0 Å². The maximum Gasteiger partial charge on any atom is 0.271 e. The summed E-state index contributed by atoms with van der Waals surface area (Å²) in [6.07, 6.45) is 0. The normalized spacial score (nSPS) is 10.4. The van der Waals surface area contributed by atoms with Crippen LogP contribution in [0.15, 0.2) is 71.6 Å². The zero-order valence-corrected chi connectivity index (χ0v) is 18.0. The van der Waals surface area contributed by atoms with E-state index in [-0.39, 0.29) is 23.3 Å². The van der Waals surface area contributed by atoms with Crippen LogP contribution in [0.5, 0.6) is 0 Å². The van der Waals surface area contributed by atoms with E-state index < -0.39 is 4.92 Å². The summed E-state index contributed by atoms with van der Waals surface area (Å²) in [5, 5.41) is 16.9. The minimum Gasteiger partial charge on any atom is -0.325 e. The van der Waals surface area contributed by atoms with Crippen molar-refractivity contribution in [3.63, 3.8) is 0 Å². The molecule has 2 N–H and O–H groups in total. The van der Waals surface area contributed by atoms with Crippen molar-refractivity contribution in [3.8, 4) is 0 Å². The molecule has 0 spiro atoms. The molecule has 0 atom stereocenters. The molecule has 0 aliphatic carbocycles. The van der Waals surface area contributed by atoms with Gasteiger partial charge in [0.1, 0.15) is 0 Å². The molecule has 0 fully saturated rings. The lowest BCUT2D eigenvalue weighted by Crippen LogP contribution is -2.15. The topological polar surface area (TPSA) is 101 Å². The zero-order valence-electron chi connectivity index (χ0n) is 16.4. The number of carbonyl (C=O) groups is 2. The van der Waals surface area contributed by atoms with E-state index in [0.717, 1.165) is 10.5 Å². The lowest BCUT2D eigenvalue weighted by Gasteiger charge is -2.09. The van der Waals surface area contributed by atoms with Crippen molar-refractivity contribution in [1.29, 1.82) is 0 Å². The Labute approximate surface area is 188 Å². The number of nitrogens with zero attached hydrogens (tertiary/aromatic N) is 1. The number of anilines is 2. The van der Waals surface area contributed by atoms with Gasteiger partial charge in [0, 0.05) is 33.3 Å². The summed E-state index contributed by atoms with van der Waals surface area (Å²) in [6.45, 7) is 1.76. The lowest BCUT2D eigenvalue weighted by atomic mass is 10.2. The van der Waals surface area contributed by atoms with Crippen molar-refractivity contribution in [3.05, 3.63) is 93.0 Å². The zero-order chi connectivity index (χ0) is 22.4. The Morgan fingerprint density at radius 2 is 1.81 bits per heavy atom. The highest BCUT2D eigenvalue weighted by Gasteiger charge is 2.12. The highest BCUT2D eigenvalue weighted by atomic mass is 35.5. The van der Waals surface area contributed by atoms with Crippen molar-refractivity contribution in [2.45, 2.75) is 11.8 Å². The van der Waals surface area contributed by atoms with E-state index in [1.54, 1.807) is 55.5 Å². The molecule has 3 aromatic rings. The van der Waals surface area contributed by atoms with Gasteiger partial charge >= 0.3 is 0 Å². The molecule has 0 unspecified atom stereocenters. The number of thioether (sulfide) groups is 1. The number of carbonyl (C=O) groups excluding carboxylic acids is 2. The SMILES string of the molecule is Cc1ccc([N+](=O)[O-])cc1NC(=O)CSc1cccc(NC(=O)c2cccc(Cl)c2)c1. The quantitative estimate of drug-likeness (QED) is 0.276. The van der Waals surface area contributed by atoms with Gasteiger partial charge in [0.2, 0.25) is 5.91 Å². The minimum absolute atomic E-state index is 0.0864. The van der Waals surface area contributed by atoms with Gasteiger partial charge in [-0.15, -0.1) is 11.8 Å². The Kier molecular flexibility index (Phi) is 7.28. The molecule has 0 aliphatic rings. The molecule has 0 heterocycles. The molecule has 0 aliphatic heterocycles. The largest absolute Gasteiger partial charge is 0.325 e. The van der Waals surface area contributed by atoms with Crippen molar-refractivity contribution in [2.24, 2.45) is 0 Å². The smallest absolute Gasteiger partial charge is 0.271 e. The highest BCUT2D eigenvalue weighted by Crippen LogP contribution is 2.25. The second-order valence-electron chi connectivity index (χ2n) is 6.59. The third-order valence-electron chi connectivity index (χ3n) is 4.25. The number of halogens is 1. The summed E-state index contributed by atoms with van der Waals surface area (Å²) in [5.41, 5.74) is 2.08. The molecule has 3 rings (SSSR count). The number of rotatable bonds is 7. The van der Waals surface area contributed by atoms with E-state index >= 15 is 0 Å². The fourth-order valence-corrected chi connectivity index (χ4v) is 3.64. The first kappa shape index (κ1) is 22.3. The van der Waals surface area contributed by atoms with Gasteiger partial charge in [0.05, 0.1) is 16.4 Å². The van der Waals surface area contributed by atoms with E-state index in [4.69, 9.17) is 11.6 Å². The van der Waals surface area contributed by atoms with Crippen molar-refractivity contribution in [2.75, 3.05) is 16.4 Å². The van der Waals surface area contributed by atoms with Crippen LogP contribution >= 0.6 is 23.4 Å². The number of nitrogens with one attached hydrogen (secondary N) is 2. The molecule has 0 saturated carbocycles. The van der Waals surface area contributed by atoms with Crippen LogP contribution in [-0.4, -0.2) is 22.5 Å². The molecule has 2 amide bonds. The predicted molar refractivity (Wildman–Crippen MR) is 123 cm³/mol. The Morgan fingerprint density at radius 3 is 2.55 bits per heavy atom. The Morgan fingerprint density at radius 1 is 1.03 bits per heavy atom. The van der Waals surface area contributed by atoms with Crippen molar-refractivity contribution in [1.82, 2.24) is 0 Å². The van der Waals surface area contributed by atoms with Crippen LogP contribution in [0, 0.1) is 17.0 Å². The van der Waals surface area contributed by atoms with Crippen LogP contribution in [0.2, 0.25) is 5.02 Å². The second kappa shape index (κ2) is 10.1. The number of hydrogen-bond donors (Lipinski definition) is 2.